The van der Waals surface area contributed by atoms with Gasteiger partial charge in [0.25, 0.3) is 0 Å². The Hall–Kier alpha value is -1.29. The molecular formula is C9H14N4. The smallest absolute Gasteiger partial charge is 0.133 e. The second kappa shape index (κ2) is 2.88. The summed E-state index contributed by atoms with van der Waals surface area (Å²) in [4.78, 5) is 8.66. The van der Waals surface area contributed by atoms with Crippen LogP contribution in [0.2, 0.25) is 0 Å². The Balaban J connectivity index is 2.43. The molecule has 1 aliphatic rings. The fourth-order valence-corrected chi connectivity index (χ4v) is 1.75. The van der Waals surface area contributed by atoms with Gasteiger partial charge in [-0.3, -0.25) is 4.90 Å². The molecule has 70 valence electrons. The Kier molecular flexibility index (Phi) is 1.84. The first-order chi connectivity index (χ1) is 6.16. The van der Waals surface area contributed by atoms with E-state index in [-0.39, 0.29) is 0 Å². The van der Waals surface area contributed by atoms with Gasteiger partial charge in [0.05, 0.1) is 18.6 Å². The third-order valence-electron chi connectivity index (χ3n) is 2.22. The lowest BCUT2D eigenvalue weighted by Crippen LogP contribution is -2.38. The van der Waals surface area contributed by atoms with E-state index in [0.717, 1.165) is 24.7 Å². The minimum Gasteiger partial charge on any atom is -0.397 e. The molecule has 0 spiro atoms. The van der Waals surface area contributed by atoms with Gasteiger partial charge in [0.15, 0.2) is 0 Å². The van der Waals surface area contributed by atoms with Crippen LogP contribution >= 0.6 is 0 Å². The zero-order chi connectivity index (χ0) is 9.42. The van der Waals surface area contributed by atoms with E-state index in [4.69, 9.17) is 5.73 Å². The third-order valence-corrected chi connectivity index (χ3v) is 2.22. The maximum atomic E-state index is 5.67. The van der Waals surface area contributed by atoms with Crippen molar-refractivity contribution >= 4 is 11.5 Å². The zero-order valence-electron chi connectivity index (χ0n) is 7.99. The molecule has 1 aliphatic heterocycles. The molecule has 0 amide bonds. The normalized spacial score (nSPS) is 17.2. The summed E-state index contributed by atoms with van der Waals surface area (Å²) in [5.41, 5.74) is 7.62. The number of rotatable bonds is 0. The van der Waals surface area contributed by atoms with Crippen molar-refractivity contribution in [1.29, 1.82) is 0 Å². The quantitative estimate of drug-likeness (QED) is 0.628. The van der Waals surface area contributed by atoms with Crippen LogP contribution in [0.3, 0.4) is 0 Å². The molecule has 1 aromatic rings. The van der Waals surface area contributed by atoms with Crippen molar-refractivity contribution in [2.24, 2.45) is 0 Å². The Morgan fingerprint density at radius 1 is 1.46 bits per heavy atom. The number of nitrogens with zero attached hydrogens (tertiary/aromatic N) is 3. The van der Waals surface area contributed by atoms with Crippen LogP contribution in [0.1, 0.15) is 5.56 Å². The van der Waals surface area contributed by atoms with Crippen LogP contribution in [-0.2, 0) is 6.54 Å². The highest BCUT2D eigenvalue weighted by molar-refractivity contribution is 5.53. The summed E-state index contributed by atoms with van der Waals surface area (Å²) in [7, 11) is 4.13. The van der Waals surface area contributed by atoms with Crippen LogP contribution in [0, 0.1) is 0 Å². The molecule has 4 heteroatoms. The van der Waals surface area contributed by atoms with Crippen LogP contribution in [0.5, 0.6) is 0 Å². The van der Waals surface area contributed by atoms with E-state index in [2.05, 4.69) is 21.8 Å². The maximum absolute atomic E-state index is 5.67. The van der Waals surface area contributed by atoms with Gasteiger partial charge in [0.2, 0.25) is 0 Å². The van der Waals surface area contributed by atoms with Crippen LogP contribution in [0.4, 0.5) is 11.5 Å². The topological polar surface area (TPSA) is 45.4 Å². The molecule has 0 fully saturated rings. The second-order valence-corrected chi connectivity index (χ2v) is 3.60. The average molecular weight is 178 g/mol. The molecule has 0 atom stereocenters. The fraction of sp³-hybridized carbons (Fsp3) is 0.444. The first-order valence-corrected chi connectivity index (χ1v) is 4.31. The summed E-state index contributed by atoms with van der Waals surface area (Å²) in [6.45, 7) is 1.85. The van der Waals surface area contributed by atoms with Crippen molar-refractivity contribution in [1.82, 2.24) is 9.88 Å². The van der Waals surface area contributed by atoms with E-state index >= 15 is 0 Å². The van der Waals surface area contributed by atoms with E-state index in [9.17, 15) is 0 Å². The Bertz CT molecular complexity index is 323. The predicted molar refractivity (Wildman–Crippen MR) is 53.4 cm³/mol. The molecule has 0 saturated heterocycles. The van der Waals surface area contributed by atoms with Gasteiger partial charge in [-0.05, 0) is 13.1 Å². The van der Waals surface area contributed by atoms with Gasteiger partial charge in [-0.15, -0.1) is 0 Å². The van der Waals surface area contributed by atoms with Crippen molar-refractivity contribution in [2.45, 2.75) is 6.54 Å². The highest BCUT2D eigenvalue weighted by atomic mass is 15.3. The van der Waals surface area contributed by atoms with Crippen LogP contribution in [0.25, 0.3) is 0 Å². The molecule has 0 bridgehead atoms. The molecule has 0 radical (unpaired) electrons. The van der Waals surface area contributed by atoms with Crippen molar-refractivity contribution < 1.29 is 0 Å². The molecule has 13 heavy (non-hydrogen) atoms. The van der Waals surface area contributed by atoms with Gasteiger partial charge in [0.1, 0.15) is 5.82 Å². The number of aromatic nitrogens is 1. The molecule has 2 heterocycles. The standard InChI is InChI=1S/C9H14N4/c1-12-5-7-3-8(10)4-11-9(7)13(2)6-12/h3-4H,5-6,10H2,1-2H3. The first-order valence-electron chi connectivity index (χ1n) is 4.31. The summed E-state index contributed by atoms with van der Waals surface area (Å²) in [6, 6.07) is 1.99. The highest BCUT2D eigenvalue weighted by Gasteiger charge is 2.17. The van der Waals surface area contributed by atoms with Gasteiger partial charge >= 0.3 is 0 Å². The lowest BCUT2D eigenvalue weighted by molar-refractivity contribution is 0.314. The Morgan fingerprint density at radius 3 is 3.00 bits per heavy atom. The summed E-state index contributed by atoms with van der Waals surface area (Å²) >= 11 is 0. The molecule has 0 unspecified atom stereocenters. The van der Waals surface area contributed by atoms with E-state index in [1.54, 1.807) is 6.20 Å². The Labute approximate surface area is 78.0 Å². The number of nitrogens with two attached hydrogens (primary N) is 1. The van der Waals surface area contributed by atoms with Gasteiger partial charge in [0, 0.05) is 19.2 Å². The van der Waals surface area contributed by atoms with Gasteiger partial charge in [-0.25, -0.2) is 4.98 Å². The summed E-state index contributed by atoms with van der Waals surface area (Å²) < 4.78 is 0. The number of anilines is 2. The summed E-state index contributed by atoms with van der Waals surface area (Å²) in [6.07, 6.45) is 1.71. The number of nitrogen functional groups attached to an aromatic ring is 1. The molecule has 0 aliphatic carbocycles. The second-order valence-electron chi connectivity index (χ2n) is 3.60. The van der Waals surface area contributed by atoms with Crippen molar-refractivity contribution in [3.63, 3.8) is 0 Å². The summed E-state index contributed by atoms with van der Waals surface area (Å²) in [5.74, 6) is 1.05. The predicted octanol–water partition coefficient (Wildman–Crippen LogP) is 0.503. The largest absolute Gasteiger partial charge is 0.397 e. The van der Waals surface area contributed by atoms with E-state index < -0.39 is 0 Å². The lowest BCUT2D eigenvalue weighted by atomic mass is 10.2. The van der Waals surface area contributed by atoms with Gasteiger partial charge in [-0.2, -0.15) is 0 Å². The number of hydrogen-bond donors (Lipinski definition) is 1. The van der Waals surface area contributed by atoms with Crippen molar-refractivity contribution in [2.75, 3.05) is 31.4 Å². The van der Waals surface area contributed by atoms with Gasteiger partial charge < -0.3 is 10.6 Å². The third kappa shape index (κ3) is 1.45. The van der Waals surface area contributed by atoms with Crippen molar-refractivity contribution in [3.8, 4) is 0 Å². The molecule has 2 N–H and O–H groups in total. The van der Waals surface area contributed by atoms with E-state index in [0.29, 0.717) is 0 Å². The zero-order valence-corrected chi connectivity index (χ0v) is 7.99. The van der Waals surface area contributed by atoms with E-state index in [1.807, 2.05) is 13.1 Å². The molecular weight excluding hydrogens is 164 g/mol. The lowest BCUT2D eigenvalue weighted by Gasteiger charge is -2.32. The molecule has 1 aromatic heterocycles. The first kappa shape index (κ1) is 8.31. The van der Waals surface area contributed by atoms with Crippen LogP contribution in [0.15, 0.2) is 12.3 Å². The molecule has 4 nitrogen and oxygen atoms in total. The van der Waals surface area contributed by atoms with Crippen LogP contribution in [-0.4, -0.2) is 30.6 Å². The summed E-state index contributed by atoms with van der Waals surface area (Å²) in [5, 5.41) is 0. The van der Waals surface area contributed by atoms with E-state index in [1.165, 1.54) is 5.56 Å². The highest BCUT2D eigenvalue weighted by Crippen LogP contribution is 2.24. The number of fused-ring (bicyclic) bond motifs is 1. The number of hydrogen-bond acceptors (Lipinski definition) is 4. The number of pyridine rings is 1. The van der Waals surface area contributed by atoms with Crippen LogP contribution < -0.4 is 10.6 Å². The average Bonchev–Trinajstić information content (AvgIpc) is 2.02. The fourth-order valence-electron chi connectivity index (χ4n) is 1.75. The monoisotopic (exact) mass is 178 g/mol. The van der Waals surface area contributed by atoms with Crippen molar-refractivity contribution in [3.05, 3.63) is 17.8 Å². The maximum Gasteiger partial charge on any atom is 0.133 e. The molecule has 2 rings (SSSR count). The molecule has 0 aromatic carbocycles. The SMILES string of the molecule is CN1Cc2cc(N)cnc2N(C)C1. The Morgan fingerprint density at radius 2 is 2.23 bits per heavy atom. The minimum absolute atomic E-state index is 0.738. The minimum atomic E-state index is 0.738. The molecule has 0 saturated carbocycles. The van der Waals surface area contributed by atoms with Gasteiger partial charge in [-0.1, -0.05) is 0 Å².